The van der Waals surface area contributed by atoms with Gasteiger partial charge in [-0.2, -0.15) is 9.78 Å². The highest BCUT2D eigenvalue weighted by Crippen LogP contribution is 2.27. The monoisotopic (exact) mass is 381 g/mol. The second kappa shape index (κ2) is 7.44. The largest absolute Gasteiger partial charge is 0.317 e. The third kappa shape index (κ3) is 3.15. The molecular formula is C25H23N3O. The maximum Gasteiger partial charge on any atom is 0.281 e. The zero-order valence-electron chi connectivity index (χ0n) is 16.9. The third-order valence-electron chi connectivity index (χ3n) is 5.44. The number of aromatic nitrogens is 3. The molecule has 2 aromatic heterocycles. The standard InChI is InChI=1S/C25H23N3O/c1-5-9-20-11-8-13-22(15-20)28-25(29)24-18(4)27(17(3)23(24)16-26-28)21-12-7-10-19(6-2)14-21/h1,7-8,10-16H,6,9H2,2-4H3. The molecule has 4 nitrogen and oxygen atoms in total. The Morgan fingerprint density at radius 3 is 2.41 bits per heavy atom. The van der Waals surface area contributed by atoms with E-state index < -0.39 is 0 Å². The van der Waals surface area contributed by atoms with Crippen LogP contribution in [0.5, 0.6) is 0 Å². The maximum absolute atomic E-state index is 13.4. The molecule has 4 heteroatoms. The summed E-state index contributed by atoms with van der Waals surface area (Å²) in [6, 6.07) is 16.1. The minimum absolute atomic E-state index is 0.119. The van der Waals surface area contributed by atoms with Gasteiger partial charge in [-0.05, 0) is 55.7 Å². The fraction of sp³-hybridized carbons (Fsp3) is 0.200. The molecule has 4 aromatic rings. The van der Waals surface area contributed by atoms with Gasteiger partial charge in [-0.3, -0.25) is 4.79 Å². The van der Waals surface area contributed by atoms with Crippen LogP contribution in [0.3, 0.4) is 0 Å². The third-order valence-corrected chi connectivity index (χ3v) is 5.44. The van der Waals surface area contributed by atoms with Crippen molar-refractivity contribution in [2.75, 3.05) is 0 Å². The van der Waals surface area contributed by atoms with Gasteiger partial charge in [-0.25, -0.2) is 0 Å². The molecule has 0 bridgehead atoms. The van der Waals surface area contributed by atoms with Gasteiger partial charge < -0.3 is 4.57 Å². The van der Waals surface area contributed by atoms with Gasteiger partial charge in [0.05, 0.1) is 17.3 Å². The first-order valence-electron chi connectivity index (χ1n) is 9.77. The van der Waals surface area contributed by atoms with Crippen molar-refractivity contribution in [1.29, 1.82) is 0 Å². The molecule has 0 saturated carbocycles. The first kappa shape index (κ1) is 18.8. The van der Waals surface area contributed by atoms with Gasteiger partial charge in [0, 0.05) is 28.9 Å². The van der Waals surface area contributed by atoms with E-state index in [-0.39, 0.29) is 5.56 Å². The van der Waals surface area contributed by atoms with Gasteiger partial charge >= 0.3 is 0 Å². The van der Waals surface area contributed by atoms with Crippen molar-refractivity contribution in [3.05, 3.63) is 87.6 Å². The Kier molecular flexibility index (Phi) is 4.82. The lowest BCUT2D eigenvalue weighted by molar-refractivity contribution is 0.819. The Morgan fingerprint density at radius 1 is 1.00 bits per heavy atom. The van der Waals surface area contributed by atoms with E-state index >= 15 is 0 Å². The summed E-state index contributed by atoms with van der Waals surface area (Å²) in [6.07, 6.45) is 8.70. The number of hydrogen-bond acceptors (Lipinski definition) is 2. The van der Waals surface area contributed by atoms with Crippen LogP contribution in [0.1, 0.15) is 29.4 Å². The van der Waals surface area contributed by atoms with Crippen molar-refractivity contribution in [3.8, 4) is 23.7 Å². The predicted molar refractivity (Wildman–Crippen MR) is 118 cm³/mol. The van der Waals surface area contributed by atoms with Crippen LogP contribution >= 0.6 is 0 Å². The molecule has 0 unspecified atom stereocenters. The summed E-state index contributed by atoms with van der Waals surface area (Å²) in [6.45, 7) is 6.17. The van der Waals surface area contributed by atoms with Crippen molar-refractivity contribution in [1.82, 2.24) is 14.3 Å². The van der Waals surface area contributed by atoms with Crippen LogP contribution in [0, 0.1) is 26.2 Å². The molecular weight excluding hydrogens is 358 g/mol. The van der Waals surface area contributed by atoms with Crippen molar-refractivity contribution in [2.24, 2.45) is 0 Å². The molecule has 0 spiro atoms. The summed E-state index contributed by atoms with van der Waals surface area (Å²) in [4.78, 5) is 13.4. The molecule has 144 valence electrons. The van der Waals surface area contributed by atoms with Gasteiger partial charge in [0.2, 0.25) is 0 Å². The van der Waals surface area contributed by atoms with Crippen LogP contribution < -0.4 is 5.56 Å². The van der Waals surface area contributed by atoms with Crippen LogP contribution in [0.25, 0.3) is 22.1 Å². The number of aryl methyl sites for hydroxylation is 3. The number of benzene rings is 2. The van der Waals surface area contributed by atoms with E-state index in [0.717, 1.165) is 40.1 Å². The number of rotatable bonds is 4. The highest BCUT2D eigenvalue weighted by atomic mass is 16.1. The molecule has 0 radical (unpaired) electrons. The zero-order chi connectivity index (χ0) is 20.5. The van der Waals surface area contributed by atoms with E-state index in [2.05, 4.69) is 46.8 Å². The van der Waals surface area contributed by atoms with Crippen molar-refractivity contribution in [2.45, 2.75) is 33.6 Å². The SMILES string of the molecule is C#CCc1cccc(-n2ncc3c(C)n(-c4cccc(CC)c4)c(C)c3c2=O)c1. The van der Waals surface area contributed by atoms with Crippen LogP contribution in [0.2, 0.25) is 0 Å². The van der Waals surface area contributed by atoms with E-state index in [1.54, 1.807) is 6.20 Å². The Labute approximate surface area is 170 Å². The average Bonchev–Trinajstić information content (AvgIpc) is 2.99. The Morgan fingerprint density at radius 2 is 1.69 bits per heavy atom. The lowest BCUT2D eigenvalue weighted by Gasteiger charge is -2.10. The Balaban J connectivity index is 1.94. The molecule has 29 heavy (non-hydrogen) atoms. The quantitative estimate of drug-likeness (QED) is 0.487. The molecule has 4 rings (SSSR count). The lowest BCUT2D eigenvalue weighted by atomic mass is 10.1. The lowest BCUT2D eigenvalue weighted by Crippen LogP contribution is -2.21. The number of fused-ring (bicyclic) bond motifs is 1. The molecule has 0 saturated heterocycles. The average molecular weight is 381 g/mol. The predicted octanol–water partition coefficient (Wildman–Crippen LogP) is 4.53. The fourth-order valence-electron chi connectivity index (χ4n) is 3.96. The van der Waals surface area contributed by atoms with Gasteiger partial charge in [0.1, 0.15) is 0 Å². The van der Waals surface area contributed by atoms with E-state index in [1.807, 2.05) is 38.1 Å². The molecule has 0 aliphatic heterocycles. The summed E-state index contributed by atoms with van der Waals surface area (Å²) >= 11 is 0. The minimum atomic E-state index is -0.119. The van der Waals surface area contributed by atoms with E-state index in [0.29, 0.717) is 11.8 Å². The molecule has 0 aliphatic carbocycles. The van der Waals surface area contributed by atoms with Crippen LogP contribution in [-0.4, -0.2) is 14.3 Å². The van der Waals surface area contributed by atoms with Crippen LogP contribution in [0.15, 0.2) is 59.5 Å². The summed E-state index contributed by atoms with van der Waals surface area (Å²) in [5.41, 5.74) is 5.86. The summed E-state index contributed by atoms with van der Waals surface area (Å²) in [7, 11) is 0. The molecule has 0 atom stereocenters. The Hall–Kier alpha value is -3.58. The highest BCUT2D eigenvalue weighted by Gasteiger charge is 2.18. The number of terminal acetylenes is 1. The second-order valence-corrected chi connectivity index (χ2v) is 7.23. The maximum atomic E-state index is 13.4. The molecule has 0 N–H and O–H groups in total. The second-order valence-electron chi connectivity index (χ2n) is 7.23. The van der Waals surface area contributed by atoms with Crippen molar-refractivity contribution < 1.29 is 0 Å². The molecule has 0 fully saturated rings. The first-order chi connectivity index (χ1) is 14.0. The van der Waals surface area contributed by atoms with Crippen molar-refractivity contribution in [3.63, 3.8) is 0 Å². The molecule has 2 heterocycles. The van der Waals surface area contributed by atoms with Crippen LogP contribution in [0.4, 0.5) is 0 Å². The zero-order valence-corrected chi connectivity index (χ0v) is 16.9. The van der Waals surface area contributed by atoms with Crippen molar-refractivity contribution >= 4 is 10.8 Å². The normalized spacial score (nSPS) is 11.0. The summed E-state index contributed by atoms with van der Waals surface area (Å²) < 4.78 is 3.60. The smallest absolute Gasteiger partial charge is 0.281 e. The Bertz CT molecular complexity index is 1320. The first-order valence-corrected chi connectivity index (χ1v) is 9.77. The summed E-state index contributed by atoms with van der Waals surface area (Å²) in [5, 5.41) is 6.04. The number of nitrogens with zero attached hydrogens (tertiary/aromatic N) is 3. The van der Waals surface area contributed by atoms with Crippen LogP contribution in [-0.2, 0) is 12.8 Å². The fourth-order valence-corrected chi connectivity index (χ4v) is 3.96. The van der Waals surface area contributed by atoms with Gasteiger partial charge in [-0.1, -0.05) is 31.2 Å². The van der Waals surface area contributed by atoms with E-state index in [9.17, 15) is 4.79 Å². The molecule has 0 amide bonds. The number of hydrogen-bond donors (Lipinski definition) is 0. The van der Waals surface area contributed by atoms with Gasteiger partial charge in [0.15, 0.2) is 0 Å². The van der Waals surface area contributed by atoms with E-state index in [4.69, 9.17) is 6.42 Å². The molecule has 2 aromatic carbocycles. The topological polar surface area (TPSA) is 39.8 Å². The van der Waals surface area contributed by atoms with E-state index in [1.165, 1.54) is 10.2 Å². The van der Waals surface area contributed by atoms with Gasteiger partial charge in [-0.15, -0.1) is 12.3 Å². The molecule has 0 aliphatic rings. The summed E-state index contributed by atoms with van der Waals surface area (Å²) in [5.74, 6) is 2.64. The minimum Gasteiger partial charge on any atom is -0.317 e. The highest BCUT2D eigenvalue weighted by molar-refractivity contribution is 5.88. The van der Waals surface area contributed by atoms with Gasteiger partial charge in [0.25, 0.3) is 5.56 Å².